The molecule has 0 atom stereocenters. The monoisotopic (exact) mass is 440 g/mol. The molecular formula is C23H19F3N4O2. The fraction of sp³-hybridized carbons (Fsp3) is 0.261. The van der Waals surface area contributed by atoms with Crippen LogP contribution in [0, 0.1) is 0 Å². The van der Waals surface area contributed by atoms with Gasteiger partial charge in [-0.3, -0.25) is 0 Å². The lowest BCUT2D eigenvalue weighted by Gasteiger charge is -2.27. The van der Waals surface area contributed by atoms with Crippen LogP contribution >= 0.6 is 0 Å². The van der Waals surface area contributed by atoms with Crippen molar-refractivity contribution in [3.63, 3.8) is 0 Å². The van der Waals surface area contributed by atoms with Crippen LogP contribution in [0.5, 0.6) is 0 Å². The molecule has 1 aliphatic heterocycles. The van der Waals surface area contributed by atoms with E-state index in [-0.39, 0.29) is 22.8 Å². The maximum Gasteiger partial charge on any atom is 0.416 e. The molecule has 2 aromatic carbocycles. The van der Waals surface area contributed by atoms with Crippen LogP contribution in [0.25, 0.3) is 22.8 Å². The molecule has 0 aliphatic carbocycles. The molecule has 9 heteroatoms. The van der Waals surface area contributed by atoms with Crippen LogP contribution in [-0.4, -0.2) is 28.7 Å². The highest BCUT2D eigenvalue weighted by Gasteiger charge is 2.31. The number of hydrogen-bond acceptors (Lipinski definition) is 6. The van der Waals surface area contributed by atoms with Gasteiger partial charge in [-0.05, 0) is 42.2 Å². The van der Waals surface area contributed by atoms with Crippen LogP contribution in [0.4, 0.5) is 18.9 Å². The first-order chi connectivity index (χ1) is 15.4. The zero-order valence-corrected chi connectivity index (χ0v) is 17.2. The van der Waals surface area contributed by atoms with Gasteiger partial charge < -0.3 is 13.8 Å². The smallest absolute Gasteiger partial charge is 0.416 e. The van der Waals surface area contributed by atoms with E-state index in [2.05, 4.69) is 39.2 Å². The number of benzene rings is 2. The van der Waals surface area contributed by atoms with Crippen LogP contribution in [0.3, 0.4) is 0 Å². The standard InChI is InChI=1S/C23H19F3N4O2/c1-30-9-3-5-15-10-14(7-8-18(15)30)11-19-28-22(29-32-19)20-21(31-13-27-20)16-4-2-6-17(12-16)23(24,25)26/h2,4,6-8,10,12-13H,3,5,9,11H2,1H3. The lowest BCUT2D eigenvalue weighted by molar-refractivity contribution is -0.137. The summed E-state index contributed by atoms with van der Waals surface area (Å²) < 4.78 is 50.0. The fourth-order valence-corrected chi connectivity index (χ4v) is 3.99. The molecule has 32 heavy (non-hydrogen) atoms. The topological polar surface area (TPSA) is 68.2 Å². The Kier molecular flexibility index (Phi) is 4.96. The molecule has 5 rings (SSSR count). The number of fused-ring (bicyclic) bond motifs is 1. The van der Waals surface area contributed by atoms with E-state index in [1.807, 2.05) is 6.07 Å². The van der Waals surface area contributed by atoms with Crippen molar-refractivity contribution in [3.05, 3.63) is 71.4 Å². The summed E-state index contributed by atoms with van der Waals surface area (Å²) in [7, 11) is 2.09. The first-order valence-electron chi connectivity index (χ1n) is 10.2. The molecule has 0 N–H and O–H groups in total. The van der Waals surface area contributed by atoms with Crippen molar-refractivity contribution < 1.29 is 22.1 Å². The molecule has 3 heterocycles. The third-order valence-electron chi connectivity index (χ3n) is 5.55. The number of halogens is 3. The van der Waals surface area contributed by atoms with Crippen molar-refractivity contribution in [3.8, 4) is 22.8 Å². The van der Waals surface area contributed by atoms with Gasteiger partial charge in [0.15, 0.2) is 17.8 Å². The number of anilines is 1. The first kappa shape index (κ1) is 20.3. The maximum atomic E-state index is 13.1. The number of rotatable bonds is 4. The van der Waals surface area contributed by atoms with E-state index < -0.39 is 11.7 Å². The zero-order chi connectivity index (χ0) is 22.3. The molecule has 0 fully saturated rings. The van der Waals surface area contributed by atoms with E-state index >= 15 is 0 Å². The quantitative estimate of drug-likeness (QED) is 0.424. The van der Waals surface area contributed by atoms with Gasteiger partial charge in [0.25, 0.3) is 0 Å². The van der Waals surface area contributed by atoms with Crippen molar-refractivity contribution in [2.75, 3.05) is 18.5 Å². The Morgan fingerprint density at radius 3 is 2.84 bits per heavy atom. The van der Waals surface area contributed by atoms with Gasteiger partial charge in [-0.15, -0.1) is 0 Å². The third-order valence-corrected chi connectivity index (χ3v) is 5.55. The number of aromatic nitrogens is 3. The molecule has 2 aromatic heterocycles. The predicted octanol–water partition coefficient (Wildman–Crippen LogP) is 5.38. The van der Waals surface area contributed by atoms with E-state index in [4.69, 9.17) is 8.94 Å². The molecule has 1 aliphatic rings. The number of oxazole rings is 1. The minimum absolute atomic E-state index is 0.153. The molecule has 4 aromatic rings. The molecule has 0 unspecified atom stereocenters. The van der Waals surface area contributed by atoms with Gasteiger partial charge in [0.2, 0.25) is 11.7 Å². The molecule has 0 bridgehead atoms. The fourth-order valence-electron chi connectivity index (χ4n) is 3.99. The molecule has 0 radical (unpaired) electrons. The lowest BCUT2D eigenvalue weighted by atomic mass is 9.98. The number of nitrogens with zero attached hydrogens (tertiary/aromatic N) is 4. The van der Waals surface area contributed by atoms with Gasteiger partial charge >= 0.3 is 6.18 Å². The summed E-state index contributed by atoms with van der Waals surface area (Å²) in [6.07, 6.45) is -0.717. The van der Waals surface area contributed by atoms with Crippen molar-refractivity contribution in [1.82, 2.24) is 15.1 Å². The average molecular weight is 440 g/mol. The summed E-state index contributed by atoms with van der Waals surface area (Å²) in [4.78, 5) is 10.7. The van der Waals surface area contributed by atoms with Crippen LogP contribution in [0.2, 0.25) is 0 Å². The molecule has 164 valence electrons. The Bertz CT molecular complexity index is 1260. The highest BCUT2D eigenvalue weighted by atomic mass is 19.4. The van der Waals surface area contributed by atoms with Gasteiger partial charge in [0.1, 0.15) is 0 Å². The van der Waals surface area contributed by atoms with Crippen molar-refractivity contribution in [2.24, 2.45) is 0 Å². The SMILES string of the molecule is CN1CCCc2cc(Cc3nc(-c4ncoc4-c4cccc(C(F)(F)F)c4)no3)ccc21. The largest absolute Gasteiger partial charge is 0.443 e. The van der Waals surface area contributed by atoms with Gasteiger partial charge in [-0.25, -0.2) is 4.98 Å². The van der Waals surface area contributed by atoms with Crippen molar-refractivity contribution in [2.45, 2.75) is 25.4 Å². The van der Waals surface area contributed by atoms with Crippen LogP contribution < -0.4 is 4.90 Å². The molecule has 0 saturated carbocycles. The Balaban J connectivity index is 1.40. The van der Waals surface area contributed by atoms with E-state index in [1.165, 1.54) is 23.4 Å². The van der Waals surface area contributed by atoms with E-state index in [1.54, 1.807) is 0 Å². The summed E-state index contributed by atoms with van der Waals surface area (Å²) in [6, 6.07) is 11.1. The second-order valence-electron chi connectivity index (χ2n) is 7.79. The van der Waals surface area contributed by atoms with Crippen LogP contribution in [0.15, 0.2) is 57.8 Å². The lowest BCUT2D eigenvalue weighted by Crippen LogP contribution is -2.24. The van der Waals surface area contributed by atoms with Gasteiger partial charge in [0.05, 0.1) is 12.0 Å². The summed E-state index contributed by atoms with van der Waals surface area (Å²) in [5, 5.41) is 3.97. The molecule has 0 amide bonds. The summed E-state index contributed by atoms with van der Waals surface area (Å²) >= 11 is 0. The highest BCUT2D eigenvalue weighted by molar-refractivity contribution is 5.73. The predicted molar refractivity (Wildman–Crippen MR) is 111 cm³/mol. The maximum absolute atomic E-state index is 13.1. The Morgan fingerprint density at radius 2 is 2.00 bits per heavy atom. The second kappa shape index (κ2) is 7.81. The Morgan fingerprint density at radius 1 is 1.12 bits per heavy atom. The van der Waals surface area contributed by atoms with Gasteiger partial charge in [-0.1, -0.05) is 29.4 Å². The molecular weight excluding hydrogens is 421 g/mol. The number of alkyl halides is 3. The van der Waals surface area contributed by atoms with Crippen LogP contribution in [0.1, 0.15) is 29.0 Å². The first-order valence-corrected chi connectivity index (χ1v) is 10.2. The van der Waals surface area contributed by atoms with Gasteiger partial charge in [-0.2, -0.15) is 18.2 Å². The summed E-state index contributed by atoms with van der Waals surface area (Å²) in [5.41, 5.74) is 3.26. The number of hydrogen-bond donors (Lipinski definition) is 0. The van der Waals surface area contributed by atoms with Crippen molar-refractivity contribution >= 4 is 5.69 Å². The summed E-state index contributed by atoms with van der Waals surface area (Å²) in [5.74, 6) is 0.709. The average Bonchev–Trinajstić information content (AvgIpc) is 3.43. The minimum atomic E-state index is -4.46. The normalized spacial score (nSPS) is 13.9. The van der Waals surface area contributed by atoms with E-state index in [0.29, 0.717) is 12.3 Å². The second-order valence-corrected chi connectivity index (χ2v) is 7.79. The van der Waals surface area contributed by atoms with E-state index in [9.17, 15) is 13.2 Å². The Hall–Kier alpha value is -3.62. The van der Waals surface area contributed by atoms with Gasteiger partial charge in [0, 0.05) is 24.8 Å². The Labute approximate surface area is 181 Å². The third kappa shape index (κ3) is 3.86. The molecule has 0 saturated heterocycles. The summed E-state index contributed by atoms with van der Waals surface area (Å²) in [6.45, 7) is 1.05. The van der Waals surface area contributed by atoms with Crippen LogP contribution in [-0.2, 0) is 19.0 Å². The van der Waals surface area contributed by atoms with Crippen molar-refractivity contribution in [1.29, 1.82) is 0 Å². The molecule has 6 nitrogen and oxygen atoms in total. The molecule has 0 spiro atoms. The minimum Gasteiger partial charge on any atom is -0.443 e. The van der Waals surface area contributed by atoms with E-state index in [0.717, 1.165) is 43.5 Å². The number of aryl methyl sites for hydroxylation is 1. The zero-order valence-electron chi connectivity index (χ0n) is 17.2. The highest BCUT2D eigenvalue weighted by Crippen LogP contribution is 2.35.